The van der Waals surface area contributed by atoms with E-state index in [1.54, 1.807) is 0 Å². The van der Waals surface area contributed by atoms with Gasteiger partial charge in [-0.25, -0.2) is 0 Å². The van der Waals surface area contributed by atoms with E-state index in [-0.39, 0.29) is 0 Å². The van der Waals surface area contributed by atoms with Crippen LogP contribution in [-0.4, -0.2) is 6.54 Å². The number of allylic oxidation sites excluding steroid dienone is 1. The van der Waals surface area contributed by atoms with Crippen LogP contribution < -0.4 is 5.32 Å². The van der Waals surface area contributed by atoms with Gasteiger partial charge in [-0.2, -0.15) is 0 Å². The van der Waals surface area contributed by atoms with E-state index < -0.39 is 0 Å². The number of rotatable bonds is 0. The first kappa shape index (κ1) is 4.44. The van der Waals surface area contributed by atoms with Gasteiger partial charge in [-0.3, -0.25) is 0 Å². The van der Waals surface area contributed by atoms with E-state index >= 15 is 0 Å². The molecule has 0 fully saturated rings. The zero-order chi connectivity index (χ0) is 5.11. The Morgan fingerprint density at radius 3 is 2.86 bits per heavy atom. The van der Waals surface area contributed by atoms with Gasteiger partial charge in [0.2, 0.25) is 0 Å². The first-order valence-electron chi connectivity index (χ1n) is 2.47. The number of hydrogen-bond donors (Lipinski definition) is 1. The molecular weight excluding hydrogens is 86.1 g/mol. The maximum absolute atomic E-state index is 3.79. The van der Waals surface area contributed by atoms with Crippen LogP contribution in [0.2, 0.25) is 0 Å². The third-order valence-corrected chi connectivity index (χ3v) is 1.03. The number of hydrogen-bond acceptors (Lipinski definition) is 1. The molecule has 0 aromatic rings. The van der Waals surface area contributed by atoms with Gasteiger partial charge in [-0.15, -0.1) is 0 Å². The lowest BCUT2D eigenvalue weighted by Gasteiger charge is -2.05. The highest BCUT2D eigenvalue weighted by Crippen LogP contribution is 2.00. The Hall–Kier alpha value is -0.720. The lowest BCUT2D eigenvalue weighted by atomic mass is 10.2. The molecule has 0 aromatic carbocycles. The van der Waals surface area contributed by atoms with Gasteiger partial charge in [0.25, 0.3) is 0 Å². The van der Waals surface area contributed by atoms with Gasteiger partial charge < -0.3 is 5.32 Å². The van der Waals surface area contributed by atoms with Gasteiger partial charge in [0.1, 0.15) is 0 Å². The first-order valence-corrected chi connectivity index (χ1v) is 2.47. The Kier molecular flexibility index (Phi) is 1.16. The van der Waals surface area contributed by atoms with Crippen LogP contribution in [0.1, 0.15) is 6.42 Å². The Morgan fingerprint density at radius 2 is 2.57 bits per heavy atom. The molecular formula is C6H9N. The molecule has 38 valence electrons. The third-order valence-electron chi connectivity index (χ3n) is 1.03. The van der Waals surface area contributed by atoms with Crippen molar-refractivity contribution in [2.45, 2.75) is 6.42 Å². The second-order valence-electron chi connectivity index (χ2n) is 1.70. The molecule has 0 aromatic heterocycles. The summed E-state index contributed by atoms with van der Waals surface area (Å²) in [5.74, 6) is 0. The monoisotopic (exact) mass is 95.1 g/mol. The normalized spacial score (nSPS) is 19.1. The summed E-state index contributed by atoms with van der Waals surface area (Å²) in [5, 5.41) is 3.07. The van der Waals surface area contributed by atoms with Gasteiger partial charge in [-0.05, 0) is 18.7 Å². The molecule has 7 heavy (non-hydrogen) atoms. The van der Waals surface area contributed by atoms with Crippen LogP contribution in [-0.2, 0) is 0 Å². The zero-order valence-electron chi connectivity index (χ0n) is 4.28. The van der Waals surface area contributed by atoms with Crippen LogP contribution in [0.5, 0.6) is 0 Å². The Bertz CT molecular complexity index is 103. The van der Waals surface area contributed by atoms with Crippen molar-refractivity contribution in [3.8, 4) is 0 Å². The fourth-order valence-corrected chi connectivity index (χ4v) is 0.576. The van der Waals surface area contributed by atoms with Gasteiger partial charge in [0, 0.05) is 6.54 Å². The van der Waals surface area contributed by atoms with E-state index in [4.69, 9.17) is 0 Å². The molecule has 0 atom stereocenters. The summed E-state index contributed by atoms with van der Waals surface area (Å²) in [6.07, 6.45) is 5.03. The minimum atomic E-state index is 1.05. The molecule has 0 saturated heterocycles. The molecule has 0 bridgehead atoms. The molecule has 1 nitrogen and oxygen atoms in total. The standard InChI is InChI=1S/C6H9N/c1-6-2-4-7-5-3-6/h2,4,7H,1,3,5H2. The highest BCUT2D eigenvalue weighted by atomic mass is 14.8. The topological polar surface area (TPSA) is 12.0 Å². The Balaban J connectivity index is 2.51. The van der Waals surface area contributed by atoms with Gasteiger partial charge in [0.05, 0.1) is 0 Å². The second kappa shape index (κ2) is 1.82. The van der Waals surface area contributed by atoms with Gasteiger partial charge in [0.15, 0.2) is 0 Å². The summed E-state index contributed by atoms with van der Waals surface area (Å²) in [6, 6.07) is 0. The predicted molar refractivity (Wildman–Crippen MR) is 30.9 cm³/mol. The van der Waals surface area contributed by atoms with Crippen molar-refractivity contribution < 1.29 is 0 Å². The summed E-state index contributed by atoms with van der Waals surface area (Å²) < 4.78 is 0. The van der Waals surface area contributed by atoms with Crippen molar-refractivity contribution >= 4 is 0 Å². The fourth-order valence-electron chi connectivity index (χ4n) is 0.576. The largest absolute Gasteiger partial charge is 0.391 e. The van der Waals surface area contributed by atoms with Crippen molar-refractivity contribution in [3.63, 3.8) is 0 Å². The zero-order valence-corrected chi connectivity index (χ0v) is 4.28. The van der Waals surface area contributed by atoms with Crippen LogP contribution in [0, 0.1) is 0 Å². The second-order valence-corrected chi connectivity index (χ2v) is 1.70. The maximum Gasteiger partial charge on any atom is 0.0181 e. The van der Waals surface area contributed by atoms with E-state index in [9.17, 15) is 0 Å². The molecule has 0 aliphatic carbocycles. The molecule has 1 aliphatic heterocycles. The molecule has 1 N–H and O–H groups in total. The molecule has 1 aliphatic rings. The maximum atomic E-state index is 3.79. The average Bonchev–Trinajstić information content (AvgIpc) is 1.69. The summed E-state index contributed by atoms with van der Waals surface area (Å²) in [4.78, 5) is 0. The van der Waals surface area contributed by atoms with Crippen LogP contribution >= 0.6 is 0 Å². The van der Waals surface area contributed by atoms with Crippen molar-refractivity contribution in [1.82, 2.24) is 5.32 Å². The molecule has 0 amide bonds. The lowest BCUT2D eigenvalue weighted by molar-refractivity contribution is 0.810. The van der Waals surface area contributed by atoms with Crippen molar-refractivity contribution in [1.29, 1.82) is 0 Å². The molecule has 0 spiro atoms. The lowest BCUT2D eigenvalue weighted by Crippen LogP contribution is -2.10. The van der Waals surface area contributed by atoms with E-state index in [0.29, 0.717) is 0 Å². The van der Waals surface area contributed by atoms with Crippen LogP contribution in [0.3, 0.4) is 0 Å². The van der Waals surface area contributed by atoms with Crippen molar-refractivity contribution in [3.05, 3.63) is 24.4 Å². The summed E-state index contributed by atoms with van der Waals surface area (Å²) in [5.41, 5.74) is 1.22. The molecule has 0 saturated carbocycles. The number of nitrogens with one attached hydrogen (secondary N) is 1. The molecule has 1 rings (SSSR count). The fraction of sp³-hybridized carbons (Fsp3) is 0.333. The highest BCUT2D eigenvalue weighted by molar-refractivity contribution is 5.16. The van der Waals surface area contributed by atoms with Crippen LogP contribution in [0.25, 0.3) is 0 Å². The van der Waals surface area contributed by atoms with Gasteiger partial charge >= 0.3 is 0 Å². The van der Waals surface area contributed by atoms with Crippen LogP contribution in [0.15, 0.2) is 24.4 Å². The Morgan fingerprint density at radius 1 is 1.71 bits per heavy atom. The summed E-state index contributed by atoms with van der Waals surface area (Å²) >= 11 is 0. The molecule has 1 heteroatoms. The van der Waals surface area contributed by atoms with Gasteiger partial charge in [-0.1, -0.05) is 12.2 Å². The van der Waals surface area contributed by atoms with E-state index in [2.05, 4.69) is 11.9 Å². The summed E-state index contributed by atoms with van der Waals surface area (Å²) in [6.45, 7) is 4.84. The third kappa shape index (κ3) is 1.07. The van der Waals surface area contributed by atoms with E-state index in [1.807, 2.05) is 12.3 Å². The Labute approximate surface area is 43.7 Å². The SMILES string of the molecule is C=C1C=CNCC1. The minimum Gasteiger partial charge on any atom is -0.391 e. The smallest absolute Gasteiger partial charge is 0.0181 e. The molecule has 0 radical (unpaired) electrons. The molecule has 0 unspecified atom stereocenters. The predicted octanol–water partition coefficient (Wildman–Crippen LogP) is 1.05. The molecule has 1 heterocycles. The van der Waals surface area contributed by atoms with E-state index in [0.717, 1.165) is 13.0 Å². The summed E-state index contributed by atoms with van der Waals surface area (Å²) in [7, 11) is 0. The quantitative estimate of drug-likeness (QED) is 0.474. The van der Waals surface area contributed by atoms with E-state index in [1.165, 1.54) is 5.57 Å². The van der Waals surface area contributed by atoms with Crippen LogP contribution in [0.4, 0.5) is 0 Å². The van der Waals surface area contributed by atoms with Crippen molar-refractivity contribution in [2.75, 3.05) is 6.54 Å². The van der Waals surface area contributed by atoms with Crippen molar-refractivity contribution in [2.24, 2.45) is 0 Å². The highest BCUT2D eigenvalue weighted by Gasteiger charge is 1.90. The minimum absolute atomic E-state index is 1.05. The first-order chi connectivity index (χ1) is 3.39. The average molecular weight is 95.1 g/mol.